The third kappa shape index (κ3) is 5.92. The van der Waals surface area contributed by atoms with Crippen LogP contribution in [0.3, 0.4) is 0 Å². The van der Waals surface area contributed by atoms with Gasteiger partial charge in [-0.3, -0.25) is 19.4 Å². The van der Waals surface area contributed by atoms with E-state index in [4.69, 9.17) is 11.6 Å². The number of piperazine rings is 1. The molecule has 0 saturated carbocycles. The molecule has 2 aliphatic heterocycles. The summed E-state index contributed by atoms with van der Waals surface area (Å²) in [4.78, 5) is 31.1. The molecule has 0 spiro atoms. The number of carbonyl (C=O) groups is 2. The lowest BCUT2D eigenvalue weighted by Gasteiger charge is -2.37. The molecule has 2 heterocycles. The molecule has 0 unspecified atom stereocenters. The number of carbonyl (C=O) groups excluding carboxylic acids is 2. The van der Waals surface area contributed by atoms with E-state index in [0.717, 1.165) is 51.3 Å². The van der Waals surface area contributed by atoms with Gasteiger partial charge in [-0.1, -0.05) is 11.6 Å². The second-order valence-corrected chi connectivity index (χ2v) is 7.98. The average Bonchev–Trinajstić information content (AvgIpc) is 2.65. The summed E-state index contributed by atoms with van der Waals surface area (Å²) in [6.07, 6.45) is 3.45. The minimum absolute atomic E-state index is 0.0241. The third-order valence-corrected chi connectivity index (χ3v) is 5.69. The van der Waals surface area contributed by atoms with Gasteiger partial charge < -0.3 is 10.2 Å². The fraction of sp³-hybridized carbons (Fsp3) is 0.600. The van der Waals surface area contributed by atoms with Crippen molar-refractivity contribution in [3.8, 4) is 0 Å². The van der Waals surface area contributed by atoms with E-state index in [9.17, 15) is 9.59 Å². The lowest BCUT2D eigenvalue weighted by molar-refractivity contribution is -0.136. The number of amides is 2. The molecule has 7 heteroatoms. The fourth-order valence-electron chi connectivity index (χ4n) is 3.79. The van der Waals surface area contributed by atoms with Crippen molar-refractivity contribution >= 4 is 29.1 Å². The smallest absolute Gasteiger partial charge is 0.238 e. The third-order valence-electron chi connectivity index (χ3n) is 5.44. The molecule has 1 aromatic carbocycles. The fourth-order valence-corrected chi connectivity index (χ4v) is 3.92. The van der Waals surface area contributed by atoms with Gasteiger partial charge in [-0.15, -0.1) is 0 Å². The largest absolute Gasteiger partial charge is 0.339 e. The minimum Gasteiger partial charge on any atom is -0.339 e. The minimum atomic E-state index is -0.0241. The lowest BCUT2D eigenvalue weighted by Crippen LogP contribution is -2.53. The lowest BCUT2D eigenvalue weighted by atomic mass is 10.0. The highest BCUT2D eigenvalue weighted by molar-refractivity contribution is 6.30. The maximum atomic E-state index is 12.6. The zero-order valence-corrected chi connectivity index (χ0v) is 16.7. The van der Waals surface area contributed by atoms with Gasteiger partial charge in [-0.25, -0.2) is 0 Å². The Bertz CT molecular complexity index is 644. The molecular weight excluding hydrogens is 364 g/mol. The number of rotatable bonds is 5. The number of nitrogens with one attached hydrogen (secondary N) is 1. The molecule has 1 atom stereocenters. The molecule has 3 rings (SSSR count). The van der Waals surface area contributed by atoms with Crippen molar-refractivity contribution in [1.82, 2.24) is 14.7 Å². The molecule has 2 aliphatic rings. The molecule has 148 valence electrons. The molecule has 0 radical (unpaired) electrons. The molecule has 6 nitrogen and oxygen atoms in total. The highest BCUT2D eigenvalue weighted by Crippen LogP contribution is 2.17. The van der Waals surface area contributed by atoms with E-state index in [1.54, 1.807) is 24.3 Å². The van der Waals surface area contributed by atoms with Gasteiger partial charge in [0.15, 0.2) is 0 Å². The predicted octanol–water partition coefficient (Wildman–Crippen LogP) is 2.30. The zero-order valence-electron chi connectivity index (χ0n) is 16.0. The number of benzene rings is 1. The first kappa shape index (κ1) is 20.1. The number of hydrogen-bond donors (Lipinski definition) is 1. The van der Waals surface area contributed by atoms with E-state index in [1.165, 1.54) is 6.42 Å². The van der Waals surface area contributed by atoms with E-state index in [1.807, 2.05) is 4.90 Å². The standard InChI is InChI=1S/C20H29ClN4O2/c1-16-4-2-3-9-25(16)20(27)15-24-12-10-23(11-13-24)14-19(26)22-18-7-5-17(21)6-8-18/h5-8,16H,2-4,9-15H2,1H3,(H,22,26)/t16-/m0/s1. The van der Waals surface area contributed by atoms with Crippen molar-refractivity contribution in [3.05, 3.63) is 29.3 Å². The van der Waals surface area contributed by atoms with Crippen LogP contribution in [-0.2, 0) is 9.59 Å². The average molecular weight is 393 g/mol. The first-order valence-corrected chi connectivity index (χ1v) is 10.2. The van der Waals surface area contributed by atoms with Crippen LogP contribution < -0.4 is 5.32 Å². The van der Waals surface area contributed by atoms with Crippen LogP contribution >= 0.6 is 11.6 Å². The van der Waals surface area contributed by atoms with Crippen LogP contribution in [0.5, 0.6) is 0 Å². The van der Waals surface area contributed by atoms with Crippen LogP contribution in [0.25, 0.3) is 0 Å². The quantitative estimate of drug-likeness (QED) is 0.835. The van der Waals surface area contributed by atoms with Crippen molar-refractivity contribution in [1.29, 1.82) is 0 Å². The number of hydrogen-bond acceptors (Lipinski definition) is 4. The molecule has 1 N–H and O–H groups in total. The monoisotopic (exact) mass is 392 g/mol. The summed E-state index contributed by atoms with van der Waals surface area (Å²) in [5, 5.41) is 3.54. The molecule has 2 amide bonds. The molecule has 0 aliphatic carbocycles. The number of nitrogens with zero attached hydrogens (tertiary/aromatic N) is 3. The van der Waals surface area contributed by atoms with Gasteiger partial charge in [-0.2, -0.15) is 0 Å². The van der Waals surface area contributed by atoms with Crippen LogP contribution in [0.15, 0.2) is 24.3 Å². The van der Waals surface area contributed by atoms with Gasteiger partial charge in [-0.05, 0) is 50.5 Å². The van der Waals surface area contributed by atoms with Gasteiger partial charge in [0.2, 0.25) is 11.8 Å². The molecule has 27 heavy (non-hydrogen) atoms. The van der Waals surface area contributed by atoms with Gasteiger partial charge in [0.1, 0.15) is 0 Å². The Kier molecular flexibility index (Phi) is 7.10. The van der Waals surface area contributed by atoms with Crippen molar-refractivity contribution in [2.75, 3.05) is 51.1 Å². The summed E-state index contributed by atoms with van der Waals surface area (Å²) in [6, 6.07) is 7.48. The molecule has 2 fully saturated rings. The maximum Gasteiger partial charge on any atom is 0.238 e. The van der Waals surface area contributed by atoms with Gasteiger partial charge >= 0.3 is 0 Å². The molecule has 0 aromatic heterocycles. The van der Waals surface area contributed by atoms with Crippen molar-refractivity contribution in [2.24, 2.45) is 0 Å². The second kappa shape index (κ2) is 9.53. The zero-order chi connectivity index (χ0) is 19.2. The summed E-state index contributed by atoms with van der Waals surface area (Å²) in [7, 11) is 0. The van der Waals surface area contributed by atoms with Crippen LogP contribution in [0.4, 0.5) is 5.69 Å². The molecule has 1 aromatic rings. The Morgan fingerprint density at radius 2 is 1.63 bits per heavy atom. The normalized spacial score (nSPS) is 21.9. The highest BCUT2D eigenvalue weighted by atomic mass is 35.5. The van der Waals surface area contributed by atoms with Crippen LogP contribution in [0.2, 0.25) is 5.02 Å². The van der Waals surface area contributed by atoms with E-state index in [2.05, 4.69) is 22.0 Å². The van der Waals surface area contributed by atoms with Crippen molar-refractivity contribution < 1.29 is 9.59 Å². The van der Waals surface area contributed by atoms with Crippen LogP contribution in [-0.4, -0.2) is 78.4 Å². The Balaban J connectivity index is 1.38. The van der Waals surface area contributed by atoms with E-state index >= 15 is 0 Å². The van der Waals surface area contributed by atoms with E-state index < -0.39 is 0 Å². The molecule has 2 saturated heterocycles. The highest BCUT2D eigenvalue weighted by Gasteiger charge is 2.26. The van der Waals surface area contributed by atoms with Gasteiger partial charge in [0.05, 0.1) is 13.1 Å². The summed E-state index contributed by atoms with van der Waals surface area (Å²) in [6.45, 7) is 7.15. The number of piperidine rings is 1. The van der Waals surface area contributed by atoms with Crippen LogP contribution in [0, 0.1) is 0 Å². The Hall–Kier alpha value is -1.63. The Labute approximate surface area is 166 Å². The topological polar surface area (TPSA) is 55.9 Å². The Morgan fingerprint density at radius 1 is 1.00 bits per heavy atom. The summed E-state index contributed by atoms with van der Waals surface area (Å²) < 4.78 is 0. The molecule has 0 bridgehead atoms. The van der Waals surface area contributed by atoms with E-state index in [0.29, 0.717) is 24.2 Å². The van der Waals surface area contributed by atoms with Crippen molar-refractivity contribution in [3.63, 3.8) is 0 Å². The number of halogens is 1. The summed E-state index contributed by atoms with van der Waals surface area (Å²) in [5.74, 6) is 0.222. The van der Waals surface area contributed by atoms with Gasteiger partial charge in [0, 0.05) is 49.5 Å². The first-order chi connectivity index (χ1) is 13.0. The SMILES string of the molecule is C[C@H]1CCCCN1C(=O)CN1CCN(CC(=O)Nc2ccc(Cl)cc2)CC1. The Morgan fingerprint density at radius 3 is 2.26 bits per heavy atom. The van der Waals surface area contributed by atoms with Crippen LogP contribution in [0.1, 0.15) is 26.2 Å². The van der Waals surface area contributed by atoms with Gasteiger partial charge in [0.25, 0.3) is 0 Å². The number of likely N-dealkylation sites (tertiary alicyclic amines) is 1. The maximum absolute atomic E-state index is 12.6. The molecular formula is C20H29ClN4O2. The number of anilines is 1. The first-order valence-electron chi connectivity index (χ1n) is 9.81. The summed E-state index contributed by atoms with van der Waals surface area (Å²) in [5.41, 5.74) is 0.754. The predicted molar refractivity (Wildman–Crippen MR) is 108 cm³/mol. The summed E-state index contributed by atoms with van der Waals surface area (Å²) >= 11 is 5.86. The van der Waals surface area contributed by atoms with E-state index in [-0.39, 0.29) is 11.8 Å². The van der Waals surface area contributed by atoms with Crippen molar-refractivity contribution in [2.45, 2.75) is 32.2 Å². The second-order valence-electron chi connectivity index (χ2n) is 7.54.